The molecule has 0 amide bonds. The van der Waals surface area contributed by atoms with E-state index in [9.17, 15) is 33.8 Å². The minimum Gasteiger partial charge on any atom is -0.808 e. The molecule has 0 radical (unpaired) electrons. The molecule has 0 spiro atoms. The summed E-state index contributed by atoms with van der Waals surface area (Å²) in [6.07, 6.45) is 6.96. The molecule has 128 valence electrons. The Morgan fingerprint density at radius 2 is 1.10 bits per heavy atom. The Bertz CT molecular complexity index is 352. The lowest BCUT2D eigenvalue weighted by Crippen LogP contribution is -2.45. The van der Waals surface area contributed by atoms with Gasteiger partial charge in [-0.1, -0.05) is 58.3 Å². The van der Waals surface area contributed by atoms with E-state index in [1.165, 1.54) is 12.8 Å². The van der Waals surface area contributed by atoms with Gasteiger partial charge in [-0.2, -0.15) is 0 Å². The van der Waals surface area contributed by atoms with Gasteiger partial charge in [0.15, 0.2) is 0 Å². The van der Waals surface area contributed by atoms with Crippen LogP contribution in [0.3, 0.4) is 0 Å². The van der Waals surface area contributed by atoms with E-state index >= 15 is 0 Å². The summed E-state index contributed by atoms with van der Waals surface area (Å²) in [6.45, 7) is 2.12. The van der Waals surface area contributed by atoms with Crippen LogP contribution in [0.2, 0.25) is 0 Å². The molecule has 1 N–H and O–H groups in total. The van der Waals surface area contributed by atoms with E-state index in [-0.39, 0.29) is 6.42 Å². The van der Waals surface area contributed by atoms with Crippen molar-refractivity contribution in [2.45, 2.75) is 76.2 Å². The number of hydrogen-bond acceptors (Lipinski definition) is 7. The molecule has 7 nitrogen and oxygen atoms in total. The first kappa shape index (κ1) is 21.3. The average Bonchev–Trinajstić information content (AvgIpc) is 2.33. The highest BCUT2D eigenvalue weighted by Crippen LogP contribution is 2.61. The molecular weight excluding hydrogens is 318 g/mol. The van der Waals surface area contributed by atoms with E-state index in [4.69, 9.17) is 0 Å². The van der Waals surface area contributed by atoms with Crippen LogP contribution < -0.4 is 19.6 Å². The Balaban J connectivity index is 4.03. The lowest BCUT2D eigenvalue weighted by atomic mass is 10.1. The Morgan fingerprint density at radius 3 is 1.43 bits per heavy atom. The van der Waals surface area contributed by atoms with Crippen LogP contribution in [-0.2, 0) is 9.13 Å². The molecule has 0 unspecified atom stereocenters. The van der Waals surface area contributed by atoms with Crippen LogP contribution in [0.4, 0.5) is 0 Å². The third kappa shape index (κ3) is 7.38. The Kier molecular flexibility index (Phi) is 9.53. The second kappa shape index (κ2) is 9.41. The smallest absolute Gasteiger partial charge is 0.117 e. The second-order valence-electron chi connectivity index (χ2n) is 5.35. The Hall–Kier alpha value is 0.260. The van der Waals surface area contributed by atoms with Gasteiger partial charge in [0.1, 0.15) is 5.08 Å². The van der Waals surface area contributed by atoms with E-state index in [1.807, 2.05) is 0 Å². The predicted octanol–water partition coefficient (Wildman–Crippen LogP) is 0.381. The van der Waals surface area contributed by atoms with Gasteiger partial charge in [-0.3, -0.25) is 0 Å². The first-order valence-corrected chi connectivity index (χ1v) is 10.4. The Labute approximate surface area is 126 Å². The van der Waals surface area contributed by atoms with Gasteiger partial charge >= 0.3 is 0 Å². The monoisotopic (exact) mass is 342 g/mol. The molecule has 0 saturated carbocycles. The largest absolute Gasteiger partial charge is 0.808 e. The molecule has 0 aromatic rings. The fourth-order valence-corrected chi connectivity index (χ4v) is 4.16. The standard InChI is InChI=1S/C12H28O7P2/c1-2-3-4-5-6-7-8-9-10-11-12(13,20(14,15)16)21(17,18)19/h13H,2-11H2,1H3,(H2,14,15,16)(H2,17,18,19)/p-4. The van der Waals surface area contributed by atoms with Crippen molar-refractivity contribution >= 4 is 15.2 Å². The van der Waals surface area contributed by atoms with Crippen molar-refractivity contribution < 1.29 is 33.8 Å². The number of hydrogen-bond donors (Lipinski definition) is 1. The highest BCUT2D eigenvalue weighted by molar-refractivity contribution is 7.69. The van der Waals surface area contributed by atoms with Crippen LogP contribution in [-0.4, -0.2) is 10.2 Å². The van der Waals surface area contributed by atoms with E-state index < -0.39 is 26.7 Å². The summed E-state index contributed by atoms with van der Waals surface area (Å²) >= 11 is 0. The van der Waals surface area contributed by atoms with E-state index in [0.29, 0.717) is 6.42 Å². The molecule has 0 fully saturated rings. The van der Waals surface area contributed by atoms with Gasteiger partial charge in [0, 0.05) is 0 Å². The molecule has 21 heavy (non-hydrogen) atoms. The van der Waals surface area contributed by atoms with Gasteiger partial charge in [0.2, 0.25) is 0 Å². The Morgan fingerprint density at radius 1 is 0.762 bits per heavy atom. The molecule has 0 atom stereocenters. The van der Waals surface area contributed by atoms with E-state index in [0.717, 1.165) is 32.1 Å². The number of rotatable bonds is 12. The van der Waals surface area contributed by atoms with E-state index in [2.05, 4.69) is 6.92 Å². The number of aliphatic hydroxyl groups is 1. The van der Waals surface area contributed by atoms with Gasteiger partial charge in [0.25, 0.3) is 0 Å². The fraction of sp³-hybridized carbons (Fsp3) is 1.00. The quantitative estimate of drug-likeness (QED) is 0.398. The lowest BCUT2D eigenvalue weighted by Gasteiger charge is -2.56. The highest BCUT2D eigenvalue weighted by atomic mass is 31.2. The van der Waals surface area contributed by atoms with Gasteiger partial charge < -0.3 is 33.8 Å². The zero-order chi connectivity index (χ0) is 16.6. The molecule has 0 aliphatic heterocycles. The summed E-state index contributed by atoms with van der Waals surface area (Å²) < 4.78 is 21.6. The molecule has 9 heteroatoms. The summed E-state index contributed by atoms with van der Waals surface area (Å²) in [5, 5.41) is 5.71. The van der Waals surface area contributed by atoms with Crippen molar-refractivity contribution in [2.75, 3.05) is 0 Å². The fourth-order valence-electron chi connectivity index (χ4n) is 2.10. The molecule has 0 aliphatic carbocycles. The van der Waals surface area contributed by atoms with Crippen LogP contribution in [0.15, 0.2) is 0 Å². The molecule has 0 heterocycles. The topological polar surface area (TPSA) is 147 Å². The first-order chi connectivity index (χ1) is 9.56. The summed E-state index contributed by atoms with van der Waals surface area (Å²) in [5.41, 5.74) is 0. The third-order valence-electron chi connectivity index (χ3n) is 3.49. The normalized spacial score (nSPS) is 13.6. The van der Waals surface area contributed by atoms with Crippen LogP contribution in [0.5, 0.6) is 0 Å². The van der Waals surface area contributed by atoms with Crippen LogP contribution in [0.25, 0.3) is 0 Å². The van der Waals surface area contributed by atoms with Crippen molar-refractivity contribution in [3.05, 3.63) is 0 Å². The van der Waals surface area contributed by atoms with Crippen molar-refractivity contribution in [2.24, 2.45) is 0 Å². The van der Waals surface area contributed by atoms with Crippen molar-refractivity contribution in [1.29, 1.82) is 0 Å². The van der Waals surface area contributed by atoms with Crippen molar-refractivity contribution in [1.82, 2.24) is 0 Å². The molecule has 0 bridgehead atoms. The maximum atomic E-state index is 10.8. The highest BCUT2D eigenvalue weighted by Gasteiger charge is 2.34. The maximum absolute atomic E-state index is 10.8. The predicted molar refractivity (Wildman–Crippen MR) is 72.0 cm³/mol. The SMILES string of the molecule is CCCCCCCCCCCC(O)(P(=O)([O-])[O-])P(=O)([O-])[O-]. The maximum Gasteiger partial charge on any atom is 0.117 e. The minimum atomic E-state index is -5.92. The minimum absolute atomic E-state index is 0.00833. The molecule has 0 aromatic heterocycles. The second-order valence-corrected chi connectivity index (χ2v) is 9.17. The summed E-state index contributed by atoms with van der Waals surface area (Å²) in [6, 6.07) is 0. The molecular formula is C12H24O7P2-4. The summed E-state index contributed by atoms with van der Waals surface area (Å²) in [4.78, 5) is 43.3. The third-order valence-corrected chi connectivity index (χ3v) is 7.16. The molecule has 0 saturated heterocycles. The van der Waals surface area contributed by atoms with Crippen LogP contribution >= 0.6 is 15.2 Å². The van der Waals surface area contributed by atoms with Gasteiger partial charge in [-0.15, -0.1) is 0 Å². The summed E-state index contributed by atoms with van der Waals surface area (Å²) in [7, 11) is -11.8. The van der Waals surface area contributed by atoms with E-state index in [1.54, 1.807) is 0 Å². The molecule has 0 aliphatic rings. The first-order valence-electron chi connectivity index (χ1n) is 7.33. The van der Waals surface area contributed by atoms with Gasteiger partial charge in [-0.05, 0) is 28.0 Å². The van der Waals surface area contributed by atoms with Crippen molar-refractivity contribution in [3.63, 3.8) is 0 Å². The van der Waals surface area contributed by atoms with Crippen LogP contribution in [0.1, 0.15) is 71.1 Å². The average molecular weight is 342 g/mol. The number of unbranched alkanes of at least 4 members (excludes halogenated alkanes) is 8. The summed E-state index contributed by atoms with van der Waals surface area (Å²) in [5.74, 6) is 0. The lowest BCUT2D eigenvalue weighted by molar-refractivity contribution is -0.349. The zero-order valence-electron chi connectivity index (χ0n) is 12.4. The van der Waals surface area contributed by atoms with Gasteiger partial charge in [0.05, 0.1) is 0 Å². The zero-order valence-corrected chi connectivity index (χ0v) is 14.2. The van der Waals surface area contributed by atoms with Gasteiger partial charge in [-0.25, -0.2) is 0 Å². The molecule has 0 aromatic carbocycles. The van der Waals surface area contributed by atoms with Crippen LogP contribution in [0, 0.1) is 0 Å². The van der Waals surface area contributed by atoms with Crippen molar-refractivity contribution in [3.8, 4) is 0 Å². The molecule has 0 rings (SSSR count).